The second kappa shape index (κ2) is 7.92. The van der Waals surface area contributed by atoms with E-state index < -0.39 is 0 Å². The van der Waals surface area contributed by atoms with E-state index in [4.69, 9.17) is 4.74 Å². The molecule has 0 aromatic heterocycles. The maximum Gasteiger partial charge on any atom is 0.220 e. The molecule has 4 heteroatoms. The van der Waals surface area contributed by atoms with Crippen LogP contribution >= 0.6 is 0 Å². The molecule has 2 aliphatic heterocycles. The molecule has 136 valence electrons. The molecule has 4 rings (SSSR count). The van der Waals surface area contributed by atoms with Gasteiger partial charge in [-0.1, -0.05) is 36.4 Å². The quantitative estimate of drug-likeness (QED) is 0.868. The molecule has 2 aliphatic rings. The fourth-order valence-corrected chi connectivity index (χ4v) is 3.83. The molecule has 2 aromatic carbocycles. The predicted molar refractivity (Wildman–Crippen MR) is 103 cm³/mol. The van der Waals surface area contributed by atoms with Crippen molar-refractivity contribution in [3.8, 4) is 16.9 Å². The number of carbonyl (C=O) groups is 1. The zero-order chi connectivity index (χ0) is 17.8. The Bertz CT molecular complexity index is 734. The summed E-state index contributed by atoms with van der Waals surface area (Å²) in [6.45, 7) is 4.94. The van der Waals surface area contributed by atoms with Crippen LogP contribution in [0.5, 0.6) is 5.75 Å². The summed E-state index contributed by atoms with van der Waals surface area (Å²) in [5.41, 5.74) is 3.60. The number of likely N-dealkylation sites (tertiary alicyclic amines) is 1. The van der Waals surface area contributed by atoms with E-state index in [2.05, 4.69) is 46.6 Å². The Morgan fingerprint density at radius 2 is 1.62 bits per heavy atom. The number of hydrogen-bond donors (Lipinski definition) is 1. The average molecular weight is 350 g/mol. The van der Waals surface area contributed by atoms with Crippen molar-refractivity contribution in [2.24, 2.45) is 0 Å². The summed E-state index contributed by atoms with van der Waals surface area (Å²) in [5.74, 6) is 1.39. The van der Waals surface area contributed by atoms with E-state index in [0.717, 1.165) is 25.4 Å². The molecule has 2 aromatic rings. The van der Waals surface area contributed by atoms with Crippen LogP contribution in [0.25, 0.3) is 11.1 Å². The molecule has 2 fully saturated rings. The van der Waals surface area contributed by atoms with Crippen LogP contribution < -0.4 is 10.1 Å². The molecule has 0 aliphatic carbocycles. The van der Waals surface area contributed by atoms with E-state index in [-0.39, 0.29) is 5.91 Å². The topological polar surface area (TPSA) is 41.6 Å². The monoisotopic (exact) mass is 350 g/mol. The average Bonchev–Trinajstić information content (AvgIpc) is 3.34. The molecule has 0 spiro atoms. The smallest absolute Gasteiger partial charge is 0.220 e. The van der Waals surface area contributed by atoms with Gasteiger partial charge in [-0.05, 0) is 54.8 Å². The van der Waals surface area contributed by atoms with Crippen LogP contribution in [0.4, 0.5) is 0 Å². The van der Waals surface area contributed by atoms with Crippen molar-refractivity contribution in [2.75, 3.05) is 32.8 Å². The van der Waals surface area contributed by atoms with Gasteiger partial charge >= 0.3 is 0 Å². The molecule has 2 saturated heterocycles. The minimum absolute atomic E-state index is 0.152. The largest absolute Gasteiger partial charge is 0.492 e. The third-order valence-corrected chi connectivity index (χ3v) is 5.42. The first-order chi connectivity index (χ1) is 12.8. The lowest BCUT2D eigenvalue weighted by atomic mass is 9.95. The first-order valence-electron chi connectivity index (χ1n) is 9.60. The van der Waals surface area contributed by atoms with E-state index in [1.54, 1.807) is 0 Å². The SMILES string of the molecule is O=C1CC(c2ccc(-c3ccc(OCCN4CCCC4)cc3)cc2)CN1. The first kappa shape index (κ1) is 17.1. The lowest BCUT2D eigenvalue weighted by Crippen LogP contribution is -2.25. The summed E-state index contributed by atoms with van der Waals surface area (Å²) >= 11 is 0. The van der Waals surface area contributed by atoms with E-state index in [0.29, 0.717) is 12.3 Å². The Kier molecular flexibility index (Phi) is 5.21. The van der Waals surface area contributed by atoms with Gasteiger partial charge in [0.15, 0.2) is 0 Å². The van der Waals surface area contributed by atoms with E-state index in [9.17, 15) is 4.79 Å². The summed E-state index contributed by atoms with van der Waals surface area (Å²) in [4.78, 5) is 13.8. The van der Waals surface area contributed by atoms with Crippen LogP contribution in [-0.2, 0) is 4.79 Å². The highest BCUT2D eigenvalue weighted by Gasteiger charge is 2.22. The van der Waals surface area contributed by atoms with Crippen molar-refractivity contribution in [1.82, 2.24) is 10.2 Å². The van der Waals surface area contributed by atoms with Crippen LogP contribution in [0.3, 0.4) is 0 Å². The molecule has 1 N–H and O–H groups in total. The zero-order valence-electron chi connectivity index (χ0n) is 15.1. The van der Waals surface area contributed by atoms with Gasteiger partial charge in [0, 0.05) is 25.4 Å². The highest BCUT2D eigenvalue weighted by atomic mass is 16.5. The molecule has 0 radical (unpaired) electrons. The number of benzene rings is 2. The molecular formula is C22H26N2O2. The number of amides is 1. The third kappa shape index (κ3) is 4.07. The second-order valence-corrected chi connectivity index (χ2v) is 7.25. The van der Waals surface area contributed by atoms with Crippen molar-refractivity contribution < 1.29 is 9.53 Å². The summed E-state index contributed by atoms with van der Waals surface area (Å²) < 4.78 is 5.87. The number of carbonyl (C=O) groups excluding carboxylic acids is 1. The van der Waals surface area contributed by atoms with Crippen LogP contribution in [0.15, 0.2) is 48.5 Å². The van der Waals surface area contributed by atoms with Crippen LogP contribution in [0, 0.1) is 0 Å². The van der Waals surface area contributed by atoms with Crippen LogP contribution in [0.1, 0.15) is 30.7 Å². The molecule has 1 unspecified atom stereocenters. The molecule has 1 atom stereocenters. The van der Waals surface area contributed by atoms with E-state index in [1.165, 1.54) is 42.6 Å². The maximum atomic E-state index is 11.4. The fourth-order valence-electron chi connectivity index (χ4n) is 3.83. The summed E-state index contributed by atoms with van der Waals surface area (Å²) in [6.07, 6.45) is 3.24. The minimum Gasteiger partial charge on any atom is -0.492 e. The van der Waals surface area contributed by atoms with Crippen molar-refractivity contribution in [3.05, 3.63) is 54.1 Å². The van der Waals surface area contributed by atoms with E-state index in [1.807, 2.05) is 12.1 Å². The fraction of sp³-hybridized carbons (Fsp3) is 0.409. The van der Waals surface area contributed by atoms with Gasteiger partial charge in [0.25, 0.3) is 0 Å². The lowest BCUT2D eigenvalue weighted by molar-refractivity contribution is -0.119. The minimum atomic E-state index is 0.152. The second-order valence-electron chi connectivity index (χ2n) is 7.25. The van der Waals surface area contributed by atoms with Crippen molar-refractivity contribution in [2.45, 2.75) is 25.2 Å². The van der Waals surface area contributed by atoms with Crippen LogP contribution in [-0.4, -0.2) is 43.6 Å². The molecule has 4 nitrogen and oxygen atoms in total. The third-order valence-electron chi connectivity index (χ3n) is 5.42. The standard InChI is InChI=1S/C22H26N2O2/c25-22-15-20(16-23-22)19-5-3-17(4-6-19)18-7-9-21(10-8-18)26-14-13-24-11-1-2-12-24/h3-10,20H,1-2,11-16H2,(H,23,25). The van der Waals surface area contributed by atoms with Gasteiger partial charge in [0.05, 0.1) is 0 Å². The van der Waals surface area contributed by atoms with Gasteiger partial charge in [-0.3, -0.25) is 9.69 Å². The Labute approximate surface area is 155 Å². The van der Waals surface area contributed by atoms with Crippen LogP contribution in [0.2, 0.25) is 0 Å². The Balaban J connectivity index is 1.33. The maximum absolute atomic E-state index is 11.4. The zero-order valence-corrected chi connectivity index (χ0v) is 15.1. The van der Waals surface area contributed by atoms with Gasteiger partial charge in [0.1, 0.15) is 12.4 Å². The van der Waals surface area contributed by atoms with Crippen molar-refractivity contribution in [1.29, 1.82) is 0 Å². The molecule has 2 heterocycles. The van der Waals surface area contributed by atoms with Gasteiger partial charge in [0.2, 0.25) is 5.91 Å². The van der Waals surface area contributed by atoms with Crippen molar-refractivity contribution in [3.63, 3.8) is 0 Å². The lowest BCUT2D eigenvalue weighted by Gasteiger charge is -2.15. The number of nitrogens with one attached hydrogen (secondary N) is 1. The predicted octanol–water partition coefficient (Wildman–Crippen LogP) is 3.43. The Hall–Kier alpha value is -2.33. The number of nitrogens with zero attached hydrogens (tertiary/aromatic N) is 1. The van der Waals surface area contributed by atoms with Gasteiger partial charge in [-0.2, -0.15) is 0 Å². The summed E-state index contributed by atoms with van der Waals surface area (Å²) in [6, 6.07) is 16.9. The number of rotatable bonds is 6. The molecule has 0 saturated carbocycles. The van der Waals surface area contributed by atoms with Gasteiger partial charge in [-0.25, -0.2) is 0 Å². The van der Waals surface area contributed by atoms with Crippen molar-refractivity contribution >= 4 is 5.91 Å². The number of hydrogen-bond acceptors (Lipinski definition) is 3. The van der Waals surface area contributed by atoms with Gasteiger partial charge in [-0.15, -0.1) is 0 Å². The molecule has 1 amide bonds. The first-order valence-corrected chi connectivity index (χ1v) is 9.60. The Morgan fingerprint density at radius 1 is 0.962 bits per heavy atom. The summed E-state index contributed by atoms with van der Waals surface area (Å²) in [7, 11) is 0. The molecular weight excluding hydrogens is 324 g/mol. The number of ether oxygens (including phenoxy) is 1. The summed E-state index contributed by atoms with van der Waals surface area (Å²) in [5, 5.41) is 2.90. The van der Waals surface area contributed by atoms with Gasteiger partial charge < -0.3 is 10.1 Å². The normalized spacial score (nSPS) is 20.3. The highest BCUT2D eigenvalue weighted by molar-refractivity contribution is 5.79. The highest BCUT2D eigenvalue weighted by Crippen LogP contribution is 2.27. The molecule has 26 heavy (non-hydrogen) atoms. The Morgan fingerprint density at radius 3 is 2.23 bits per heavy atom. The van der Waals surface area contributed by atoms with E-state index >= 15 is 0 Å². The molecule has 0 bridgehead atoms.